The van der Waals surface area contributed by atoms with Crippen LogP contribution in [0.15, 0.2) is 34.1 Å². The van der Waals surface area contributed by atoms with Crippen molar-refractivity contribution in [1.29, 1.82) is 0 Å². The number of carboxylic acids is 1. The van der Waals surface area contributed by atoms with Crippen molar-refractivity contribution in [1.82, 2.24) is 9.97 Å². The molecule has 0 aliphatic rings. The summed E-state index contributed by atoms with van der Waals surface area (Å²) in [5, 5.41) is 10.2. The average molecular weight is 320 g/mol. The molecule has 0 saturated heterocycles. The Balaban J connectivity index is 2.09. The third-order valence-electron chi connectivity index (χ3n) is 2.89. The van der Waals surface area contributed by atoms with Crippen molar-refractivity contribution in [3.63, 3.8) is 0 Å². The van der Waals surface area contributed by atoms with Crippen LogP contribution in [0.4, 0.5) is 0 Å². The lowest BCUT2D eigenvalue weighted by molar-refractivity contribution is 0.0688. The van der Waals surface area contributed by atoms with E-state index in [1.807, 2.05) is 31.2 Å². The number of ether oxygens (including phenoxy) is 1. The minimum Gasteiger partial charge on any atom is -0.497 e. The largest absolute Gasteiger partial charge is 0.497 e. The highest BCUT2D eigenvalue weighted by Gasteiger charge is 2.21. The van der Waals surface area contributed by atoms with Gasteiger partial charge in [0.2, 0.25) is 0 Å². The minimum atomic E-state index is -0.983. The summed E-state index contributed by atoms with van der Waals surface area (Å²) in [6.45, 7) is 1.90. The predicted molar refractivity (Wildman–Crippen MR) is 82.8 cm³/mol. The molecule has 0 aliphatic carbocycles. The normalized spacial score (nSPS) is 11.0. The molecule has 0 amide bonds. The number of carboxylic acid groups (broad SMARTS) is 1. The summed E-state index contributed by atoms with van der Waals surface area (Å²) in [4.78, 5) is 21.1. The number of aromatic carboxylic acids is 1. The molecular weight excluding hydrogens is 308 g/mol. The molecule has 0 spiro atoms. The molecule has 0 bridgehead atoms. The molecule has 5 nitrogen and oxygen atoms in total. The van der Waals surface area contributed by atoms with Gasteiger partial charge in [-0.05, 0) is 25.1 Å². The zero-order chi connectivity index (χ0) is 15.0. The van der Waals surface area contributed by atoms with E-state index in [4.69, 9.17) is 4.74 Å². The topological polar surface area (TPSA) is 75.2 Å². The van der Waals surface area contributed by atoms with Crippen molar-refractivity contribution in [2.45, 2.75) is 16.7 Å². The van der Waals surface area contributed by atoms with Crippen LogP contribution in [0.2, 0.25) is 0 Å². The summed E-state index contributed by atoms with van der Waals surface area (Å²) in [6, 6.07) is 7.50. The van der Waals surface area contributed by atoms with Gasteiger partial charge in [0.25, 0.3) is 0 Å². The van der Waals surface area contributed by atoms with Crippen LogP contribution < -0.4 is 4.74 Å². The molecule has 2 aromatic heterocycles. The number of rotatable bonds is 4. The first kappa shape index (κ1) is 14.0. The summed E-state index contributed by atoms with van der Waals surface area (Å²) < 4.78 is 5.19. The molecule has 0 atom stereocenters. The zero-order valence-electron chi connectivity index (χ0n) is 11.3. The first-order chi connectivity index (χ1) is 10.1. The quantitative estimate of drug-likeness (QED) is 0.765. The first-order valence-corrected chi connectivity index (χ1v) is 7.76. The van der Waals surface area contributed by atoms with Gasteiger partial charge in [0.1, 0.15) is 21.8 Å². The number of aromatic nitrogens is 2. The Hall–Kier alpha value is -1.99. The monoisotopic (exact) mass is 320 g/mol. The number of H-pyrrole nitrogens is 1. The molecule has 3 rings (SSSR count). The van der Waals surface area contributed by atoms with Gasteiger partial charge in [0.05, 0.1) is 17.0 Å². The number of thiazole rings is 1. The number of aromatic amines is 1. The van der Waals surface area contributed by atoms with Gasteiger partial charge in [-0.15, -0.1) is 11.3 Å². The molecule has 2 N–H and O–H groups in total. The number of aryl methyl sites for hydroxylation is 1. The summed E-state index contributed by atoms with van der Waals surface area (Å²) in [5.74, 6) is -0.249. The smallest absolute Gasteiger partial charge is 0.353 e. The molecule has 0 unspecified atom stereocenters. The summed E-state index contributed by atoms with van der Waals surface area (Å²) in [6.07, 6.45) is 0. The molecule has 0 radical (unpaired) electrons. The lowest BCUT2D eigenvalue weighted by Gasteiger charge is -2.04. The van der Waals surface area contributed by atoms with Crippen LogP contribution in [-0.2, 0) is 0 Å². The fraction of sp³-hybridized carbons (Fsp3) is 0.143. The van der Waals surface area contributed by atoms with E-state index in [0.717, 1.165) is 20.5 Å². The van der Waals surface area contributed by atoms with E-state index in [1.165, 1.54) is 23.1 Å². The maximum absolute atomic E-state index is 11.4. The standard InChI is InChI=1S/C14H12N2O3S2/c1-7-15-10-12(11(14(17)18)16-13(10)20-7)21-9-5-3-4-8(6-9)19-2/h3-6,16H,1-2H3,(H,17,18). The number of benzene rings is 1. The molecular formula is C14H12N2O3S2. The fourth-order valence-corrected chi connectivity index (χ4v) is 3.92. The first-order valence-electron chi connectivity index (χ1n) is 6.13. The number of methoxy groups -OCH3 is 1. The van der Waals surface area contributed by atoms with Crippen molar-refractivity contribution in [2.75, 3.05) is 7.11 Å². The molecule has 21 heavy (non-hydrogen) atoms. The number of nitrogens with one attached hydrogen (secondary N) is 1. The number of fused-ring (bicyclic) bond motifs is 1. The van der Waals surface area contributed by atoms with E-state index in [0.29, 0.717) is 10.4 Å². The average Bonchev–Trinajstić information content (AvgIpc) is 2.97. The highest BCUT2D eigenvalue weighted by Crippen LogP contribution is 2.39. The molecule has 0 aliphatic heterocycles. The second-order valence-electron chi connectivity index (χ2n) is 4.33. The Bertz CT molecular complexity index is 823. The van der Waals surface area contributed by atoms with Crippen molar-refractivity contribution >= 4 is 39.4 Å². The van der Waals surface area contributed by atoms with Crippen molar-refractivity contribution in [3.8, 4) is 5.75 Å². The summed E-state index contributed by atoms with van der Waals surface area (Å²) in [5.41, 5.74) is 0.888. The SMILES string of the molecule is COc1cccc(Sc2c(C(=O)O)[nH]c3sc(C)nc23)c1. The van der Waals surface area contributed by atoms with Crippen LogP contribution >= 0.6 is 23.1 Å². The lowest BCUT2D eigenvalue weighted by Crippen LogP contribution is -1.98. The minimum absolute atomic E-state index is 0.177. The van der Waals surface area contributed by atoms with E-state index in [1.54, 1.807) is 7.11 Å². The second-order valence-corrected chi connectivity index (χ2v) is 6.61. The number of nitrogens with zero attached hydrogens (tertiary/aromatic N) is 1. The Labute approximate surface area is 129 Å². The van der Waals surface area contributed by atoms with E-state index >= 15 is 0 Å². The van der Waals surface area contributed by atoms with E-state index < -0.39 is 5.97 Å². The van der Waals surface area contributed by atoms with E-state index in [2.05, 4.69) is 9.97 Å². The van der Waals surface area contributed by atoms with Gasteiger partial charge in [-0.25, -0.2) is 9.78 Å². The van der Waals surface area contributed by atoms with Gasteiger partial charge < -0.3 is 14.8 Å². The Morgan fingerprint density at radius 2 is 2.29 bits per heavy atom. The Kier molecular flexibility index (Phi) is 3.60. The van der Waals surface area contributed by atoms with Gasteiger partial charge in [-0.1, -0.05) is 17.8 Å². The maximum atomic E-state index is 11.4. The van der Waals surface area contributed by atoms with Crippen LogP contribution in [0.25, 0.3) is 10.3 Å². The summed E-state index contributed by atoms with van der Waals surface area (Å²) >= 11 is 2.83. The van der Waals surface area contributed by atoms with Crippen molar-refractivity contribution in [2.24, 2.45) is 0 Å². The molecule has 7 heteroatoms. The van der Waals surface area contributed by atoms with Gasteiger partial charge in [-0.2, -0.15) is 0 Å². The van der Waals surface area contributed by atoms with Crippen LogP contribution in [0, 0.1) is 6.92 Å². The van der Waals surface area contributed by atoms with Crippen LogP contribution in [0.3, 0.4) is 0 Å². The summed E-state index contributed by atoms with van der Waals surface area (Å²) in [7, 11) is 1.60. The third kappa shape index (κ3) is 2.62. The highest BCUT2D eigenvalue weighted by atomic mass is 32.2. The number of hydrogen-bond donors (Lipinski definition) is 2. The van der Waals surface area contributed by atoms with E-state index in [-0.39, 0.29) is 5.69 Å². The second kappa shape index (κ2) is 5.42. The lowest BCUT2D eigenvalue weighted by atomic mass is 10.3. The molecule has 0 fully saturated rings. The zero-order valence-corrected chi connectivity index (χ0v) is 13.0. The van der Waals surface area contributed by atoms with Crippen LogP contribution in [-0.4, -0.2) is 28.2 Å². The van der Waals surface area contributed by atoms with Gasteiger partial charge in [0, 0.05) is 4.90 Å². The predicted octanol–water partition coefficient (Wildman–Crippen LogP) is 3.79. The maximum Gasteiger partial charge on any atom is 0.353 e. The van der Waals surface area contributed by atoms with E-state index in [9.17, 15) is 9.90 Å². The third-order valence-corrected chi connectivity index (χ3v) is 4.87. The molecule has 1 aromatic carbocycles. The molecule has 3 aromatic rings. The van der Waals surface area contributed by atoms with Crippen LogP contribution in [0.1, 0.15) is 15.5 Å². The van der Waals surface area contributed by atoms with Gasteiger partial charge in [-0.3, -0.25) is 0 Å². The molecule has 108 valence electrons. The van der Waals surface area contributed by atoms with Gasteiger partial charge in [0.15, 0.2) is 0 Å². The Morgan fingerprint density at radius 1 is 1.48 bits per heavy atom. The number of hydrogen-bond acceptors (Lipinski definition) is 5. The van der Waals surface area contributed by atoms with Crippen molar-refractivity contribution < 1.29 is 14.6 Å². The Morgan fingerprint density at radius 3 is 3.00 bits per heavy atom. The van der Waals surface area contributed by atoms with Crippen molar-refractivity contribution in [3.05, 3.63) is 35.0 Å². The van der Waals surface area contributed by atoms with Crippen LogP contribution in [0.5, 0.6) is 5.75 Å². The molecule has 0 saturated carbocycles. The van der Waals surface area contributed by atoms with Gasteiger partial charge >= 0.3 is 5.97 Å². The fourth-order valence-electron chi connectivity index (χ4n) is 1.99. The highest BCUT2D eigenvalue weighted by molar-refractivity contribution is 7.99. The number of carbonyl (C=O) groups is 1. The molecule has 2 heterocycles.